The Morgan fingerprint density at radius 2 is 1.94 bits per heavy atom. The predicted molar refractivity (Wildman–Crippen MR) is 73.8 cm³/mol. The van der Waals surface area contributed by atoms with E-state index in [1.807, 2.05) is 12.1 Å². The fourth-order valence-corrected chi connectivity index (χ4v) is 2.05. The number of nitrogens with zero attached hydrogens (tertiary/aromatic N) is 1. The maximum absolute atomic E-state index is 3.53. The van der Waals surface area contributed by atoms with Crippen molar-refractivity contribution in [2.75, 3.05) is 5.32 Å². The number of aromatic nitrogens is 1. The van der Waals surface area contributed by atoms with Gasteiger partial charge in [-0.3, -0.25) is 0 Å². The topological polar surface area (TPSA) is 17.0 Å². The first-order chi connectivity index (χ1) is 8.29. The highest BCUT2D eigenvalue weighted by Crippen LogP contribution is 2.16. The van der Waals surface area contributed by atoms with Crippen LogP contribution in [0.3, 0.4) is 0 Å². The number of nitrogens with one attached hydrogen (secondary N) is 1. The fourth-order valence-electron chi connectivity index (χ4n) is 2.05. The molecule has 0 fully saturated rings. The van der Waals surface area contributed by atoms with E-state index in [-0.39, 0.29) is 0 Å². The van der Waals surface area contributed by atoms with Crippen LogP contribution in [0, 0.1) is 0 Å². The van der Waals surface area contributed by atoms with Crippen molar-refractivity contribution in [2.24, 2.45) is 0 Å². The lowest BCUT2D eigenvalue weighted by molar-refractivity contribution is 0.690. The average molecular weight is 228 g/mol. The van der Waals surface area contributed by atoms with Crippen molar-refractivity contribution in [3.63, 3.8) is 0 Å². The van der Waals surface area contributed by atoms with Gasteiger partial charge in [-0.1, -0.05) is 19.4 Å². The zero-order valence-electron chi connectivity index (χ0n) is 10.6. The summed E-state index contributed by atoms with van der Waals surface area (Å²) in [5, 5.41) is 3.53. The maximum Gasteiger partial charge on any atom is 0.0469 e. The highest BCUT2D eigenvalue weighted by Gasteiger charge is 2.01. The van der Waals surface area contributed by atoms with E-state index < -0.39 is 0 Å². The molecule has 0 saturated heterocycles. The van der Waals surface area contributed by atoms with Crippen molar-refractivity contribution in [3.05, 3.63) is 48.8 Å². The molecule has 90 valence electrons. The molecule has 0 radical (unpaired) electrons. The second kappa shape index (κ2) is 5.58. The van der Waals surface area contributed by atoms with Gasteiger partial charge < -0.3 is 9.88 Å². The molecule has 1 N–H and O–H groups in total. The molecule has 0 saturated carbocycles. The van der Waals surface area contributed by atoms with Gasteiger partial charge in [0.15, 0.2) is 0 Å². The Morgan fingerprint density at radius 3 is 2.65 bits per heavy atom. The molecule has 17 heavy (non-hydrogen) atoms. The zero-order valence-corrected chi connectivity index (χ0v) is 10.6. The standard InChI is InChI=1S/C15H20N2/c1-3-7-13(2)16-14-8-6-9-15(12-14)17-10-4-5-11-17/h4-6,8-13,16H,3,7H2,1-2H3. The van der Waals surface area contributed by atoms with Gasteiger partial charge in [-0.25, -0.2) is 0 Å². The molecule has 0 aliphatic rings. The molecule has 1 aromatic heterocycles. The van der Waals surface area contributed by atoms with Crippen molar-refractivity contribution in [1.82, 2.24) is 4.57 Å². The van der Waals surface area contributed by atoms with Crippen molar-refractivity contribution in [2.45, 2.75) is 32.7 Å². The highest BCUT2D eigenvalue weighted by molar-refractivity contribution is 5.51. The Labute approximate surface area is 103 Å². The van der Waals surface area contributed by atoms with Crippen molar-refractivity contribution >= 4 is 5.69 Å². The largest absolute Gasteiger partial charge is 0.383 e. The van der Waals surface area contributed by atoms with E-state index in [9.17, 15) is 0 Å². The molecule has 0 bridgehead atoms. The predicted octanol–water partition coefficient (Wildman–Crippen LogP) is 4.08. The van der Waals surface area contributed by atoms with Gasteiger partial charge in [-0.15, -0.1) is 0 Å². The van der Waals surface area contributed by atoms with Gasteiger partial charge in [-0.2, -0.15) is 0 Å². The Hall–Kier alpha value is -1.70. The Bertz CT molecular complexity index is 446. The van der Waals surface area contributed by atoms with Gasteiger partial charge in [0.05, 0.1) is 0 Å². The molecule has 1 heterocycles. The lowest BCUT2D eigenvalue weighted by atomic mass is 10.2. The highest BCUT2D eigenvalue weighted by atomic mass is 15.0. The molecular weight excluding hydrogens is 208 g/mol. The molecule has 0 amide bonds. The van der Waals surface area contributed by atoms with Crippen molar-refractivity contribution in [1.29, 1.82) is 0 Å². The van der Waals surface area contributed by atoms with Crippen LogP contribution in [0.4, 0.5) is 5.69 Å². The van der Waals surface area contributed by atoms with Crippen molar-refractivity contribution < 1.29 is 0 Å². The normalized spacial score (nSPS) is 12.4. The molecule has 2 heteroatoms. The summed E-state index contributed by atoms with van der Waals surface area (Å²) < 4.78 is 2.12. The van der Waals surface area contributed by atoms with Gasteiger partial charge >= 0.3 is 0 Å². The first-order valence-electron chi connectivity index (χ1n) is 6.29. The van der Waals surface area contributed by atoms with E-state index in [0.29, 0.717) is 6.04 Å². The molecule has 2 aromatic rings. The van der Waals surface area contributed by atoms with Gasteiger partial charge in [0.2, 0.25) is 0 Å². The molecule has 2 rings (SSSR count). The van der Waals surface area contributed by atoms with Crippen LogP contribution in [0.25, 0.3) is 5.69 Å². The van der Waals surface area contributed by atoms with Crippen LogP contribution in [0.1, 0.15) is 26.7 Å². The van der Waals surface area contributed by atoms with Crippen LogP contribution in [-0.2, 0) is 0 Å². The van der Waals surface area contributed by atoms with E-state index in [0.717, 1.165) is 0 Å². The summed E-state index contributed by atoms with van der Waals surface area (Å²) in [6.45, 7) is 4.44. The third kappa shape index (κ3) is 3.13. The molecular formula is C15H20N2. The van der Waals surface area contributed by atoms with Gasteiger partial charge in [0.1, 0.15) is 0 Å². The quantitative estimate of drug-likeness (QED) is 0.816. The SMILES string of the molecule is CCCC(C)Nc1cccc(-n2cccc2)c1. The second-order valence-electron chi connectivity index (χ2n) is 4.47. The van der Waals surface area contributed by atoms with E-state index >= 15 is 0 Å². The zero-order chi connectivity index (χ0) is 12.1. The third-order valence-corrected chi connectivity index (χ3v) is 2.88. The molecule has 1 atom stereocenters. The van der Waals surface area contributed by atoms with E-state index in [4.69, 9.17) is 0 Å². The summed E-state index contributed by atoms with van der Waals surface area (Å²) in [5.41, 5.74) is 2.39. The lowest BCUT2D eigenvalue weighted by Crippen LogP contribution is -2.14. The van der Waals surface area contributed by atoms with Crippen LogP contribution in [0.15, 0.2) is 48.8 Å². The summed E-state index contributed by atoms with van der Waals surface area (Å²) in [7, 11) is 0. The molecule has 1 unspecified atom stereocenters. The first-order valence-corrected chi connectivity index (χ1v) is 6.29. The molecule has 0 aliphatic carbocycles. The van der Waals surface area contributed by atoms with Gasteiger partial charge in [-0.05, 0) is 43.7 Å². The van der Waals surface area contributed by atoms with Crippen LogP contribution in [-0.4, -0.2) is 10.6 Å². The smallest absolute Gasteiger partial charge is 0.0469 e. The molecule has 1 aromatic carbocycles. The second-order valence-corrected chi connectivity index (χ2v) is 4.47. The van der Waals surface area contributed by atoms with E-state index in [1.165, 1.54) is 24.2 Å². The third-order valence-electron chi connectivity index (χ3n) is 2.88. The molecule has 0 aliphatic heterocycles. The minimum Gasteiger partial charge on any atom is -0.383 e. The summed E-state index contributed by atoms with van der Waals surface area (Å²) in [6.07, 6.45) is 6.54. The number of benzene rings is 1. The van der Waals surface area contributed by atoms with Gasteiger partial charge in [0.25, 0.3) is 0 Å². The summed E-state index contributed by atoms with van der Waals surface area (Å²) in [6, 6.07) is 13.1. The van der Waals surface area contributed by atoms with Crippen molar-refractivity contribution in [3.8, 4) is 5.69 Å². The van der Waals surface area contributed by atoms with E-state index in [2.05, 4.69) is 60.4 Å². The maximum atomic E-state index is 3.53. The molecule has 0 spiro atoms. The summed E-state index contributed by atoms with van der Waals surface area (Å²) in [4.78, 5) is 0. The average Bonchev–Trinajstić information content (AvgIpc) is 2.83. The first kappa shape index (κ1) is 11.8. The minimum absolute atomic E-state index is 0.528. The summed E-state index contributed by atoms with van der Waals surface area (Å²) >= 11 is 0. The molecule has 2 nitrogen and oxygen atoms in total. The fraction of sp³-hybridized carbons (Fsp3) is 0.333. The Morgan fingerprint density at radius 1 is 1.18 bits per heavy atom. The number of anilines is 1. The number of rotatable bonds is 5. The van der Waals surface area contributed by atoms with Crippen LogP contribution in [0.5, 0.6) is 0 Å². The Balaban J connectivity index is 2.12. The summed E-state index contributed by atoms with van der Waals surface area (Å²) in [5.74, 6) is 0. The number of hydrogen-bond donors (Lipinski definition) is 1. The Kier molecular flexibility index (Phi) is 3.86. The van der Waals surface area contributed by atoms with Crippen LogP contribution in [0.2, 0.25) is 0 Å². The monoisotopic (exact) mass is 228 g/mol. The van der Waals surface area contributed by atoms with Crippen LogP contribution < -0.4 is 5.32 Å². The van der Waals surface area contributed by atoms with Crippen LogP contribution >= 0.6 is 0 Å². The lowest BCUT2D eigenvalue weighted by Gasteiger charge is -2.15. The van der Waals surface area contributed by atoms with Gasteiger partial charge in [0, 0.05) is 29.8 Å². The van der Waals surface area contributed by atoms with E-state index in [1.54, 1.807) is 0 Å². The minimum atomic E-state index is 0.528. The number of hydrogen-bond acceptors (Lipinski definition) is 1.